The average molecular weight is 239 g/mol. The van der Waals surface area contributed by atoms with Gasteiger partial charge in [-0.3, -0.25) is 4.79 Å². The van der Waals surface area contributed by atoms with Crippen molar-refractivity contribution in [3.05, 3.63) is 29.8 Å². The monoisotopic (exact) mass is 239 g/mol. The molecule has 0 saturated heterocycles. The molecule has 0 heterocycles. The third-order valence-electron chi connectivity index (χ3n) is 2.03. The fourth-order valence-corrected chi connectivity index (χ4v) is 1.25. The number of rotatable bonds is 6. The fourth-order valence-electron chi connectivity index (χ4n) is 1.25. The van der Waals surface area contributed by atoms with E-state index in [1.54, 1.807) is 24.3 Å². The van der Waals surface area contributed by atoms with Crippen molar-refractivity contribution in [1.82, 2.24) is 0 Å². The van der Waals surface area contributed by atoms with Crippen molar-refractivity contribution in [2.45, 2.75) is 12.5 Å². The molecule has 0 fully saturated rings. The number of ether oxygens (including phenoxy) is 1. The van der Waals surface area contributed by atoms with Crippen LogP contribution < -0.4 is 10.5 Å². The summed E-state index contributed by atoms with van der Waals surface area (Å²) in [6.07, 6.45) is 0.166. The molecule has 0 aliphatic heterocycles. The van der Waals surface area contributed by atoms with E-state index in [9.17, 15) is 9.59 Å². The first-order valence-corrected chi connectivity index (χ1v) is 4.91. The molecule has 0 radical (unpaired) electrons. The second-order valence-electron chi connectivity index (χ2n) is 3.48. The molecule has 6 heteroatoms. The van der Waals surface area contributed by atoms with Crippen molar-refractivity contribution >= 4 is 11.9 Å². The minimum atomic E-state index is -1.08. The van der Waals surface area contributed by atoms with Crippen molar-refractivity contribution in [3.63, 3.8) is 0 Å². The number of benzene rings is 1. The van der Waals surface area contributed by atoms with Gasteiger partial charge < -0.3 is 20.7 Å². The maximum atomic E-state index is 10.6. The molecule has 0 spiro atoms. The van der Waals surface area contributed by atoms with Crippen molar-refractivity contribution in [3.8, 4) is 5.75 Å². The third kappa shape index (κ3) is 4.52. The van der Waals surface area contributed by atoms with Gasteiger partial charge in [0.2, 0.25) is 0 Å². The first kappa shape index (κ1) is 13.0. The van der Waals surface area contributed by atoms with Crippen LogP contribution in [-0.4, -0.2) is 34.8 Å². The van der Waals surface area contributed by atoms with E-state index in [0.29, 0.717) is 11.3 Å². The molecule has 0 saturated carbocycles. The number of aliphatic carboxylic acids is 2. The van der Waals surface area contributed by atoms with Gasteiger partial charge in [-0.05, 0) is 24.1 Å². The van der Waals surface area contributed by atoms with Crippen molar-refractivity contribution in [1.29, 1.82) is 0 Å². The molecule has 1 rings (SSSR count). The van der Waals surface area contributed by atoms with Gasteiger partial charge in [0.05, 0.1) is 0 Å². The molecule has 0 aliphatic rings. The van der Waals surface area contributed by atoms with Gasteiger partial charge in [-0.1, -0.05) is 12.1 Å². The summed E-state index contributed by atoms with van der Waals surface area (Å²) < 4.78 is 4.96. The normalized spacial score (nSPS) is 11.8. The van der Waals surface area contributed by atoms with E-state index in [4.69, 9.17) is 20.7 Å². The van der Waals surface area contributed by atoms with Gasteiger partial charge in [-0.25, -0.2) is 4.79 Å². The van der Waals surface area contributed by atoms with Crippen LogP contribution in [0.15, 0.2) is 24.3 Å². The molecule has 0 aromatic heterocycles. The lowest BCUT2D eigenvalue weighted by molar-refractivity contribution is -0.139. The number of hydrogen-bond acceptors (Lipinski definition) is 4. The highest BCUT2D eigenvalue weighted by molar-refractivity contribution is 5.73. The standard InChI is InChI=1S/C11H13NO5/c12-9(11(15)16)5-7-2-1-3-8(4-7)17-6-10(13)14/h1-4,9H,5-6,12H2,(H,13,14)(H,15,16)/t9-/m0/s1. The van der Waals surface area contributed by atoms with E-state index in [-0.39, 0.29) is 6.42 Å². The van der Waals surface area contributed by atoms with Crippen LogP contribution in [-0.2, 0) is 16.0 Å². The second kappa shape index (κ2) is 5.86. The lowest BCUT2D eigenvalue weighted by atomic mass is 10.1. The maximum Gasteiger partial charge on any atom is 0.341 e. The van der Waals surface area contributed by atoms with Crippen LogP contribution in [0, 0.1) is 0 Å². The van der Waals surface area contributed by atoms with Crippen LogP contribution in [0.25, 0.3) is 0 Å². The van der Waals surface area contributed by atoms with E-state index in [1.165, 1.54) is 0 Å². The average Bonchev–Trinajstić information content (AvgIpc) is 2.26. The molecule has 6 nitrogen and oxygen atoms in total. The molecule has 4 N–H and O–H groups in total. The highest BCUT2D eigenvalue weighted by Crippen LogP contribution is 2.14. The van der Waals surface area contributed by atoms with Gasteiger partial charge in [-0.2, -0.15) is 0 Å². The molecule has 0 unspecified atom stereocenters. The summed E-state index contributed by atoms with van der Waals surface area (Å²) in [4.78, 5) is 20.9. The second-order valence-corrected chi connectivity index (χ2v) is 3.48. The Balaban J connectivity index is 2.65. The van der Waals surface area contributed by atoms with Crippen LogP contribution >= 0.6 is 0 Å². The summed E-state index contributed by atoms with van der Waals surface area (Å²) >= 11 is 0. The molecule has 0 aliphatic carbocycles. The highest BCUT2D eigenvalue weighted by atomic mass is 16.5. The van der Waals surface area contributed by atoms with Crippen LogP contribution in [0.4, 0.5) is 0 Å². The summed E-state index contributed by atoms with van der Waals surface area (Å²) in [5.41, 5.74) is 6.07. The molecule has 1 aromatic rings. The zero-order chi connectivity index (χ0) is 12.8. The number of carboxylic acid groups (broad SMARTS) is 2. The molecule has 92 valence electrons. The van der Waals surface area contributed by atoms with E-state index >= 15 is 0 Å². The lowest BCUT2D eigenvalue weighted by Crippen LogP contribution is -2.32. The van der Waals surface area contributed by atoms with Crippen molar-refractivity contribution in [2.75, 3.05) is 6.61 Å². The molecule has 0 amide bonds. The van der Waals surface area contributed by atoms with Crippen LogP contribution in [0.5, 0.6) is 5.75 Å². The predicted octanol–water partition coefficient (Wildman–Crippen LogP) is 0.104. The Hall–Kier alpha value is -2.08. The maximum absolute atomic E-state index is 10.6. The van der Waals surface area contributed by atoms with Crippen molar-refractivity contribution < 1.29 is 24.5 Å². The Kier molecular flexibility index (Phi) is 4.47. The Labute approximate surface area is 97.6 Å². The fraction of sp³-hybridized carbons (Fsp3) is 0.273. The smallest absolute Gasteiger partial charge is 0.341 e. The topological polar surface area (TPSA) is 110 Å². The summed E-state index contributed by atoms with van der Waals surface area (Å²) in [5.74, 6) is -1.78. The Morgan fingerprint density at radius 3 is 2.65 bits per heavy atom. The Morgan fingerprint density at radius 2 is 2.06 bits per heavy atom. The summed E-state index contributed by atoms with van der Waals surface area (Å²) in [7, 11) is 0. The molecular weight excluding hydrogens is 226 g/mol. The minimum Gasteiger partial charge on any atom is -0.482 e. The van der Waals surface area contributed by atoms with Gasteiger partial charge in [0.1, 0.15) is 11.8 Å². The number of carbonyl (C=O) groups is 2. The lowest BCUT2D eigenvalue weighted by Gasteiger charge is -2.08. The largest absolute Gasteiger partial charge is 0.482 e. The predicted molar refractivity (Wildman–Crippen MR) is 58.9 cm³/mol. The van der Waals surface area contributed by atoms with Gasteiger partial charge in [0.15, 0.2) is 6.61 Å². The van der Waals surface area contributed by atoms with Crippen LogP contribution in [0.1, 0.15) is 5.56 Å². The summed E-state index contributed by atoms with van der Waals surface area (Å²) in [5, 5.41) is 17.1. The molecule has 17 heavy (non-hydrogen) atoms. The van der Waals surface area contributed by atoms with Gasteiger partial charge >= 0.3 is 11.9 Å². The van der Waals surface area contributed by atoms with Gasteiger partial charge in [0.25, 0.3) is 0 Å². The number of hydrogen-bond donors (Lipinski definition) is 3. The summed E-state index contributed by atoms with van der Waals surface area (Å²) in [6, 6.07) is 5.55. The van der Waals surface area contributed by atoms with E-state index in [0.717, 1.165) is 0 Å². The molecular formula is C11H13NO5. The van der Waals surface area contributed by atoms with E-state index in [1.807, 2.05) is 0 Å². The molecule has 1 aromatic carbocycles. The number of nitrogens with two attached hydrogens (primary N) is 1. The van der Waals surface area contributed by atoms with Crippen LogP contribution in [0.2, 0.25) is 0 Å². The first-order chi connectivity index (χ1) is 7.99. The minimum absolute atomic E-state index is 0.166. The van der Waals surface area contributed by atoms with Crippen LogP contribution in [0.3, 0.4) is 0 Å². The van der Waals surface area contributed by atoms with Crippen molar-refractivity contribution in [2.24, 2.45) is 5.73 Å². The molecule has 0 bridgehead atoms. The van der Waals surface area contributed by atoms with E-state index < -0.39 is 24.6 Å². The van der Waals surface area contributed by atoms with Gasteiger partial charge in [0, 0.05) is 0 Å². The third-order valence-corrected chi connectivity index (χ3v) is 2.03. The quantitative estimate of drug-likeness (QED) is 0.649. The van der Waals surface area contributed by atoms with E-state index in [2.05, 4.69) is 0 Å². The highest BCUT2D eigenvalue weighted by Gasteiger charge is 2.12. The Bertz CT molecular complexity index is 418. The first-order valence-electron chi connectivity index (χ1n) is 4.91. The Morgan fingerprint density at radius 1 is 1.35 bits per heavy atom. The van der Waals surface area contributed by atoms with Gasteiger partial charge in [-0.15, -0.1) is 0 Å². The summed E-state index contributed by atoms with van der Waals surface area (Å²) in [6.45, 7) is -0.436. The zero-order valence-corrected chi connectivity index (χ0v) is 9.00. The zero-order valence-electron chi connectivity index (χ0n) is 9.00. The SMILES string of the molecule is N[C@@H](Cc1cccc(OCC(=O)O)c1)C(=O)O. The number of carboxylic acids is 2. The molecule has 1 atom stereocenters.